The van der Waals surface area contributed by atoms with E-state index >= 15 is 0 Å². The van der Waals surface area contributed by atoms with Crippen molar-refractivity contribution in [2.75, 3.05) is 0 Å². The van der Waals surface area contributed by atoms with Crippen molar-refractivity contribution in [3.05, 3.63) is 68.2 Å². The first kappa shape index (κ1) is 18.0. The summed E-state index contributed by atoms with van der Waals surface area (Å²) in [6.45, 7) is 1.70. The molecule has 1 atom stereocenters. The Bertz CT molecular complexity index is 767. The maximum Gasteiger partial charge on any atom is 0.310 e. The molecule has 126 valence electrons. The molecule has 24 heavy (non-hydrogen) atoms. The first-order chi connectivity index (χ1) is 11.4. The molecule has 8 heteroatoms. The number of carbonyl (C=O) groups is 1. The van der Waals surface area contributed by atoms with Gasteiger partial charge in [0.1, 0.15) is 0 Å². The maximum atomic E-state index is 12.1. The van der Waals surface area contributed by atoms with Crippen molar-refractivity contribution in [1.29, 1.82) is 0 Å². The molecule has 1 unspecified atom stereocenters. The zero-order valence-electron chi connectivity index (χ0n) is 12.7. The number of nitro groups is 1. The minimum Gasteiger partial charge on any atom is -0.474 e. The molecule has 0 aliphatic rings. The van der Waals surface area contributed by atoms with E-state index in [4.69, 9.17) is 27.9 Å². The first-order valence-electron chi connectivity index (χ1n) is 7.00. The summed E-state index contributed by atoms with van der Waals surface area (Å²) in [5.74, 6) is -0.381. The van der Waals surface area contributed by atoms with Crippen LogP contribution in [0.4, 0.5) is 5.69 Å². The van der Waals surface area contributed by atoms with E-state index in [0.717, 1.165) is 0 Å². The molecule has 1 amide bonds. The second-order valence-electron chi connectivity index (χ2n) is 4.94. The van der Waals surface area contributed by atoms with Crippen molar-refractivity contribution < 1.29 is 14.5 Å². The van der Waals surface area contributed by atoms with E-state index in [1.807, 2.05) is 0 Å². The highest BCUT2D eigenvalue weighted by Crippen LogP contribution is 2.27. The summed E-state index contributed by atoms with van der Waals surface area (Å²) in [6.07, 6.45) is -0.905. The zero-order valence-corrected chi connectivity index (χ0v) is 14.2. The van der Waals surface area contributed by atoms with Crippen LogP contribution in [0.25, 0.3) is 0 Å². The second-order valence-corrected chi connectivity index (χ2v) is 5.78. The van der Waals surface area contributed by atoms with E-state index in [1.54, 1.807) is 24.3 Å². The summed E-state index contributed by atoms with van der Waals surface area (Å²) in [6, 6.07) is 10.8. The molecular weight excluding hydrogens is 355 g/mol. The molecule has 6 nitrogen and oxygen atoms in total. The van der Waals surface area contributed by atoms with Crippen LogP contribution >= 0.6 is 23.2 Å². The van der Waals surface area contributed by atoms with Gasteiger partial charge in [0.25, 0.3) is 5.91 Å². The number of nitrogens with zero attached hydrogens (tertiary/aromatic N) is 1. The Morgan fingerprint density at radius 1 is 1.29 bits per heavy atom. The van der Waals surface area contributed by atoms with Crippen molar-refractivity contribution in [3.8, 4) is 5.75 Å². The lowest BCUT2D eigenvalue weighted by atomic mass is 10.2. The Morgan fingerprint density at radius 3 is 2.67 bits per heavy atom. The van der Waals surface area contributed by atoms with Crippen molar-refractivity contribution in [3.63, 3.8) is 0 Å². The zero-order chi connectivity index (χ0) is 17.7. The Morgan fingerprint density at radius 2 is 2.00 bits per heavy atom. The van der Waals surface area contributed by atoms with E-state index in [-0.39, 0.29) is 18.0 Å². The molecule has 1 N–H and O–H groups in total. The third-order valence-electron chi connectivity index (χ3n) is 3.20. The molecule has 2 aromatic rings. The lowest BCUT2D eigenvalue weighted by Crippen LogP contribution is -2.36. The van der Waals surface area contributed by atoms with Gasteiger partial charge in [-0.3, -0.25) is 14.9 Å². The topological polar surface area (TPSA) is 81.5 Å². The van der Waals surface area contributed by atoms with Crippen LogP contribution in [0.1, 0.15) is 12.5 Å². The number of rotatable bonds is 6. The SMILES string of the molecule is CC(Oc1ccccc1[N+](=O)[O-])C(=O)NCc1ccc(Cl)cc1Cl. The third kappa shape index (κ3) is 4.59. The average Bonchev–Trinajstić information content (AvgIpc) is 2.54. The summed E-state index contributed by atoms with van der Waals surface area (Å²) >= 11 is 11.8. The molecule has 0 bridgehead atoms. The number of benzene rings is 2. The monoisotopic (exact) mass is 368 g/mol. The summed E-state index contributed by atoms with van der Waals surface area (Å²) in [4.78, 5) is 22.5. The lowest BCUT2D eigenvalue weighted by Gasteiger charge is -2.15. The van der Waals surface area contributed by atoms with Gasteiger partial charge < -0.3 is 10.1 Å². The minimum absolute atomic E-state index is 0.0367. The number of carbonyl (C=O) groups excluding carboxylic acids is 1. The molecule has 0 saturated heterocycles. The lowest BCUT2D eigenvalue weighted by molar-refractivity contribution is -0.386. The number of hydrogen-bond donors (Lipinski definition) is 1. The van der Waals surface area contributed by atoms with Crippen molar-refractivity contribution in [1.82, 2.24) is 5.32 Å². The molecule has 0 aliphatic heterocycles. The molecule has 0 radical (unpaired) electrons. The van der Waals surface area contributed by atoms with Crippen LogP contribution in [0.15, 0.2) is 42.5 Å². The maximum absolute atomic E-state index is 12.1. The molecule has 0 heterocycles. The fourth-order valence-corrected chi connectivity index (χ4v) is 2.42. The first-order valence-corrected chi connectivity index (χ1v) is 7.76. The molecule has 0 aliphatic carbocycles. The highest BCUT2D eigenvalue weighted by molar-refractivity contribution is 6.35. The Hall–Kier alpha value is -2.31. The molecular formula is C16H14Cl2N2O4. The summed E-state index contributed by atoms with van der Waals surface area (Å²) < 4.78 is 5.40. The molecule has 2 aromatic carbocycles. The van der Waals surface area contributed by atoms with Gasteiger partial charge in [-0.05, 0) is 30.7 Å². The summed E-state index contributed by atoms with van der Waals surface area (Å²) in [5, 5.41) is 14.6. The predicted octanol–water partition coefficient (Wildman–Crippen LogP) is 3.99. The van der Waals surface area contributed by atoms with Gasteiger partial charge in [0.2, 0.25) is 0 Å². The van der Waals surface area contributed by atoms with E-state index in [9.17, 15) is 14.9 Å². The largest absolute Gasteiger partial charge is 0.474 e. The number of nitro benzene ring substituents is 1. The van der Waals surface area contributed by atoms with Gasteiger partial charge >= 0.3 is 5.69 Å². The van der Waals surface area contributed by atoms with Crippen molar-refractivity contribution in [2.24, 2.45) is 0 Å². The smallest absolute Gasteiger partial charge is 0.310 e. The fraction of sp³-hybridized carbons (Fsp3) is 0.188. The van der Waals surface area contributed by atoms with E-state index in [2.05, 4.69) is 5.32 Å². The number of ether oxygens (including phenoxy) is 1. The number of hydrogen-bond acceptors (Lipinski definition) is 4. The van der Waals surface area contributed by atoms with Gasteiger partial charge in [0.05, 0.1) is 4.92 Å². The summed E-state index contributed by atoms with van der Waals surface area (Å²) in [5.41, 5.74) is 0.505. The molecule has 0 fully saturated rings. The van der Waals surface area contributed by atoms with Gasteiger partial charge in [0.15, 0.2) is 11.9 Å². The van der Waals surface area contributed by atoms with Crippen LogP contribution < -0.4 is 10.1 Å². The van der Waals surface area contributed by atoms with Crippen LogP contribution in [0.2, 0.25) is 10.0 Å². The van der Waals surface area contributed by atoms with Crippen LogP contribution in [-0.4, -0.2) is 16.9 Å². The quantitative estimate of drug-likeness (QED) is 0.617. The van der Waals surface area contributed by atoms with E-state index in [1.165, 1.54) is 25.1 Å². The van der Waals surface area contributed by atoms with Gasteiger partial charge in [0, 0.05) is 22.7 Å². The average molecular weight is 369 g/mol. The van der Waals surface area contributed by atoms with Gasteiger partial charge in [-0.2, -0.15) is 0 Å². The highest BCUT2D eigenvalue weighted by Gasteiger charge is 2.20. The number of amides is 1. The van der Waals surface area contributed by atoms with Gasteiger partial charge in [-0.25, -0.2) is 0 Å². The third-order valence-corrected chi connectivity index (χ3v) is 3.79. The second kappa shape index (κ2) is 7.99. The Balaban J connectivity index is 1.99. The van der Waals surface area contributed by atoms with Crippen molar-refractivity contribution >= 4 is 34.8 Å². The Kier molecular flexibility index (Phi) is 6.00. The Labute approximate surface area is 148 Å². The van der Waals surface area contributed by atoms with Crippen molar-refractivity contribution in [2.45, 2.75) is 19.6 Å². The van der Waals surface area contributed by atoms with E-state index in [0.29, 0.717) is 15.6 Å². The van der Waals surface area contributed by atoms with Gasteiger partial charge in [-0.15, -0.1) is 0 Å². The molecule has 0 saturated carbocycles. The van der Waals surface area contributed by atoms with Gasteiger partial charge in [-0.1, -0.05) is 41.4 Å². The highest BCUT2D eigenvalue weighted by atomic mass is 35.5. The molecule has 0 spiro atoms. The number of halogens is 2. The van der Waals surface area contributed by atoms with Crippen LogP contribution in [-0.2, 0) is 11.3 Å². The van der Waals surface area contributed by atoms with E-state index < -0.39 is 16.9 Å². The summed E-state index contributed by atoms with van der Waals surface area (Å²) in [7, 11) is 0. The molecule has 2 rings (SSSR count). The number of para-hydroxylation sites is 2. The minimum atomic E-state index is -0.905. The standard InChI is InChI=1S/C16H14Cl2N2O4/c1-10(24-15-5-3-2-4-14(15)20(22)23)16(21)19-9-11-6-7-12(17)8-13(11)18/h2-8,10H,9H2,1H3,(H,19,21). The van der Waals surface area contributed by atoms with Crippen LogP contribution in [0.3, 0.4) is 0 Å². The van der Waals surface area contributed by atoms with Crippen LogP contribution in [0.5, 0.6) is 5.75 Å². The predicted molar refractivity (Wildman–Crippen MR) is 91.5 cm³/mol. The normalized spacial score (nSPS) is 11.6. The van der Waals surface area contributed by atoms with Crippen LogP contribution in [0, 0.1) is 10.1 Å². The number of nitrogens with one attached hydrogen (secondary N) is 1. The molecule has 0 aromatic heterocycles. The fourth-order valence-electron chi connectivity index (χ4n) is 1.94.